The zero-order valence-corrected chi connectivity index (χ0v) is 14.6. The van der Waals surface area contributed by atoms with E-state index in [-0.39, 0.29) is 17.2 Å². The molecule has 0 radical (unpaired) electrons. The fraction of sp³-hybridized carbons (Fsp3) is 0.444. The van der Waals surface area contributed by atoms with Gasteiger partial charge in [-0.2, -0.15) is 0 Å². The minimum atomic E-state index is -0.124. The molecule has 0 aromatic heterocycles. The maximum atomic E-state index is 11.9. The molecular formula is C18H27N3O2. The number of carbonyl (C=O) groups is 2. The summed E-state index contributed by atoms with van der Waals surface area (Å²) in [5.74, 6) is -0.242. The van der Waals surface area contributed by atoms with Gasteiger partial charge in [0, 0.05) is 31.8 Å². The zero-order valence-electron chi connectivity index (χ0n) is 14.6. The highest BCUT2D eigenvalue weighted by Crippen LogP contribution is 2.14. The lowest BCUT2D eigenvalue weighted by atomic mass is 9.93. The topological polar surface area (TPSA) is 61.4 Å². The fourth-order valence-corrected chi connectivity index (χ4v) is 2.36. The number of hydrogen-bond acceptors (Lipinski definition) is 3. The van der Waals surface area contributed by atoms with E-state index in [2.05, 4.69) is 29.4 Å². The molecule has 126 valence electrons. The lowest BCUT2D eigenvalue weighted by Crippen LogP contribution is -2.39. The normalized spacial score (nSPS) is 11.7. The van der Waals surface area contributed by atoms with Gasteiger partial charge in [-0.25, -0.2) is 0 Å². The number of carbonyl (C=O) groups excluding carboxylic acids is 2. The molecular weight excluding hydrogens is 290 g/mol. The van der Waals surface area contributed by atoms with E-state index in [0.717, 1.165) is 12.1 Å². The summed E-state index contributed by atoms with van der Waals surface area (Å²) in [4.78, 5) is 25.5. The Morgan fingerprint density at radius 2 is 1.78 bits per heavy atom. The molecule has 0 atom stereocenters. The molecule has 2 amide bonds. The SMILES string of the molecule is CNC(=O)c1ccc(/C=C\C(=O)NCC(C)(C)CN(C)C)cc1. The highest BCUT2D eigenvalue weighted by atomic mass is 16.2. The number of nitrogens with one attached hydrogen (secondary N) is 2. The third-order valence-corrected chi connectivity index (χ3v) is 3.31. The van der Waals surface area contributed by atoms with E-state index < -0.39 is 0 Å². The van der Waals surface area contributed by atoms with Crippen molar-refractivity contribution in [2.24, 2.45) is 5.41 Å². The Kier molecular flexibility index (Phi) is 6.97. The second kappa shape index (κ2) is 8.48. The van der Waals surface area contributed by atoms with Gasteiger partial charge >= 0.3 is 0 Å². The third-order valence-electron chi connectivity index (χ3n) is 3.31. The summed E-state index contributed by atoms with van der Waals surface area (Å²) < 4.78 is 0. The van der Waals surface area contributed by atoms with Crippen molar-refractivity contribution in [2.45, 2.75) is 13.8 Å². The standard InChI is InChI=1S/C18H27N3O2/c1-18(2,13-21(4)5)12-20-16(22)11-8-14-6-9-15(10-7-14)17(23)19-3/h6-11H,12-13H2,1-5H3,(H,19,23)(H,20,22)/b11-8-. The first kappa shape index (κ1) is 18.9. The van der Waals surface area contributed by atoms with Crippen LogP contribution in [0.1, 0.15) is 29.8 Å². The number of nitrogens with zero attached hydrogens (tertiary/aromatic N) is 1. The second-order valence-electron chi connectivity index (χ2n) is 6.65. The van der Waals surface area contributed by atoms with Crippen LogP contribution < -0.4 is 10.6 Å². The molecule has 0 unspecified atom stereocenters. The highest BCUT2D eigenvalue weighted by Gasteiger charge is 2.19. The molecule has 0 fully saturated rings. The zero-order chi connectivity index (χ0) is 17.5. The second-order valence-corrected chi connectivity index (χ2v) is 6.65. The van der Waals surface area contributed by atoms with Crippen molar-refractivity contribution in [1.82, 2.24) is 15.5 Å². The molecule has 0 aliphatic heterocycles. The van der Waals surface area contributed by atoms with Gasteiger partial charge in [0.15, 0.2) is 0 Å². The van der Waals surface area contributed by atoms with E-state index in [1.165, 1.54) is 6.08 Å². The van der Waals surface area contributed by atoms with Crippen LogP contribution in [0.3, 0.4) is 0 Å². The van der Waals surface area contributed by atoms with Crippen LogP contribution in [0.5, 0.6) is 0 Å². The first-order valence-corrected chi connectivity index (χ1v) is 7.66. The van der Waals surface area contributed by atoms with Crippen LogP contribution in [0.15, 0.2) is 30.3 Å². The quantitative estimate of drug-likeness (QED) is 0.753. The van der Waals surface area contributed by atoms with E-state index >= 15 is 0 Å². The van der Waals surface area contributed by atoms with Crippen molar-refractivity contribution in [3.8, 4) is 0 Å². The highest BCUT2D eigenvalue weighted by molar-refractivity contribution is 5.94. The Morgan fingerprint density at radius 1 is 1.17 bits per heavy atom. The van der Waals surface area contributed by atoms with Crippen LogP contribution in [-0.4, -0.2) is 50.9 Å². The van der Waals surface area contributed by atoms with Crippen LogP contribution >= 0.6 is 0 Å². The molecule has 1 aromatic rings. The van der Waals surface area contributed by atoms with Crippen LogP contribution in [0.4, 0.5) is 0 Å². The molecule has 0 spiro atoms. The van der Waals surface area contributed by atoms with Crippen molar-refractivity contribution in [1.29, 1.82) is 0 Å². The Morgan fingerprint density at radius 3 is 2.30 bits per heavy atom. The minimum absolute atomic E-state index is 0.0160. The molecule has 1 aromatic carbocycles. The Hall–Kier alpha value is -2.14. The molecule has 0 saturated heterocycles. The molecule has 0 aliphatic carbocycles. The van der Waals surface area contributed by atoms with Crippen LogP contribution in [0, 0.1) is 5.41 Å². The first-order valence-electron chi connectivity index (χ1n) is 7.66. The summed E-state index contributed by atoms with van der Waals surface area (Å²) in [6.07, 6.45) is 3.25. The molecule has 0 heterocycles. The van der Waals surface area contributed by atoms with Gasteiger partial charge in [-0.1, -0.05) is 26.0 Å². The van der Waals surface area contributed by atoms with E-state index in [9.17, 15) is 9.59 Å². The lowest BCUT2D eigenvalue weighted by Gasteiger charge is -2.28. The molecule has 0 saturated carbocycles. The van der Waals surface area contributed by atoms with Gasteiger partial charge in [0.05, 0.1) is 0 Å². The molecule has 5 nitrogen and oxygen atoms in total. The van der Waals surface area contributed by atoms with Gasteiger partial charge in [-0.3, -0.25) is 9.59 Å². The molecule has 0 aliphatic rings. The number of hydrogen-bond donors (Lipinski definition) is 2. The summed E-state index contributed by atoms with van der Waals surface area (Å²) in [5.41, 5.74) is 1.49. The molecule has 5 heteroatoms. The maximum absolute atomic E-state index is 11.9. The average Bonchev–Trinajstić information content (AvgIpc) is 2.49. The van der Waals surface area contributed by atoms with Crippen LogP contribution in [0.25, 0.3) is 6.08 Å². The monoisotopic (exact) mass is 317 g/mol. The van der Waals surface area contributed by atoms with Crippen molar-refractivity contribution < 1.29 is 9.59 Å². The van der Waals surface area contributed by atoms with E-state index in [1.807, 2.05) is 26.2 Å². The summed E-state index contributed by atoms with van der Waals surface area (Å²) in [6.45, 7) is 5.75. The third kappa shape index (κ3) is 7.10. The maximum Gasteiger partial charge on any atom is 0.251 e. The van der Waals surface area contributed by atoms with E-state index in [4.69, 9.17) is 0 Å². The van der Waals surface area contributed by atoms with Gasteiger partial charge in [-0.15, -0.1) is 0 Å². The lowest BCUT2D eigenvalue weighted by molar-refractivity contribution is -0.116. The number of rotatable bonds is 7. The summed E-state index contributed by atoms with van der Waals surface area (Å²) >= 11 is 0. The largest absolute Gasteiger partial charge is 0.355 e. The molecule has 0 bridgehead atoms. The van der Waals surface area contributed by atoms with Crippen molar-refractivity contribution >= 4 is 17.9 Å². The van der Waals surface area contributed by atoms with E-state index in [0.29, 0.717) is 12.1 Å². The predicted molar refractivity (Wildman–Crippen MR) is 94.2 cm³/mol. The number of benzene rings is 1. The van der Waals surface area contributed by atoms with Gasteiger partial charge in [0.1, 0.15) is 0 Å². The minimum Gasteiger partial charge on any atom is -0.355 e. The Bertz CT molecular complexity index is 560. The van der Waals surface area contributed by atoms with Crippen molar-refractivity contribution in [3.63, 3.8) is 0 Å². The Balaban J connectivity index is 2.53. The smallest absolute Gasteiger partial charge is 0.251 e. The molecule has 23 heavy (non-hydrogen) atoms. The van der Waals surface area contributed by atoms with Gasteiger partial charge in [-0.05, 0) is 43.3 Å². The van der Waals surface area contributed by atoms with Crippen molar-refractivity contribution in [2.75, 3.05) is 34.2 Å². The summed E-state index contributed by atoms with van der Waals surface area (Å²) in [5, 5.41) is 5.49. The predicted octanol–water partition coefficient (Wildman–Crippen LogP) is 1.76. The van der Waals surface area contributed by atoms with Crippen LogP contribution in [0.2, 0.25) is 0 Å². The van der Waals surface area contributed by atoms with E-state index in [1.54, 1.807) is 25.3 Å². The molecule has 2 N–H and O–H groups in total. The summed E-state index contributed by atoms with van der Waals surface area (Å²) in [7, 11) is 5.64. The van der Waals surface area contributed by atoms with Gasteiger partial charge < -0.3 is 15.5 Å². The average molecular weight is 317 g/mol. The van der Waals surface area contributed by atoms with Crippen molar-refractivity contribution in [3.05, 3.63) is 41.5 Å². The summed E-state index contributed by atoms with van der Waals surface area (Å²) in [6, 6.07) is 7.09. The van der Waals surface area contributed by atoms with Gasteiger partial charge in [0.25, 0.3) is 5.91 Å². The fourth-order valence-electron chi connectivity index (χ4n) is 2.36. The van der Waals surface area contributed by atoms with Crippen LogP contribution in [-0.2, 0) is 4.79 Å². The molecule has 1 rings (SSSR count). The first-order chi connectivity index (χ1) is 10.7. The Labute approximate surface area is 138 Å². The number of amides is 2. The van der Waals surface area contributed by atoms with Gasteiger partial charge in [0.2, 0.25) is 5.91 Å².